The van der Waals surface area contributed by atoms with Crippen LogP contribution in [0.15, 0.2) is 41.5 Å². The van der Waals surface area contributed by atoms with Crippen LogP contribution < -0.4 is 25.5 Å². The van der Waals surface area contributed by atoms with Gasteiger partial charge in [0.2, 0.25) is 0 Å². The molecule has 2 aromatic rings. The van der Waals surface area contributed by atoms with Crippen LogP contribution in [0.5, 0.6) is 11.5 Å². The fraction of sp³-hybridized carbons (Fsp3) is 0.333. The fourth-order valence-electron chi connectivity index (χ4n) is 2.73. The molecule has 2 aromatic carbocycles. The minimum Gasteiger partial charge on any atom is -0.490 e. The first-order chi connectivity index (χ1) is 16.2. The Morgan fingerprint density at radius 2 is 1.88 bits per heavy atom. The second-order valence-corrected chi connectivity index (χ2v) is 8.61. The van der Waals surface area contributed by atoms with Gasteiger partial charge in [-0.15, -0.1) is 0 Å². The Kier molecular flexibility index (Phi) is 10.8. The highest BCUT2D eigenvalue weighted by molar-refractivity contribution is 14.1. The smallest absolute Gasteiger partial charge is 0.329 e. The summed E-state index contributed by atoms with van der Waals surface area (Å²) in [5, 5.41) is 9.21. The molecule has 0 fully saturated rings. The molecule has 0 aromatic heterocycles. The van der Waals surface area contributed by atoms with Crippen molar-refractivity contribution in [2.45, 2.75) is 40.2 Å². The number of carbonyl (C=O) groups is 3. The zero-order valence-electron chi connectivity index (χ0n) is 19.6. The van der Waals surface area contributed by atoms with Crippen LogP contribution in [-0.4, -0.2) is 43.2 Å². The number of benzene rings is 2. The lowest BCUT2D eigenvalue weighted by Gasteiger charge is -2.14. The van der Waals surface area contributed by atoms with Gasteiger partial charge in [-0.3, -0.25) is 14.4 Å². The van der Waals surface area contributed by atoms with E-state index in [1.54, 1.807) is 18.2 Å². The molecule has 2 rings (SSSR count). The molecule has 0 spiro atoms. The standard InChI is InChI=1S/C24H29IN4O5/c1-5-16(4)27-23(31)24(32)29-26-13-17-11-19(25)22(20(12-17)33-6-2)34-14-21(30)28-18-9-7-8-15(3)10-18/h7-13,16H,5-6,14H2,1-4H3,(H,27,31)(H,28,30)(H,29,32)/b26-13-/t16-/m0/s1. The van der Waals surface area contributed by atoms with E-state index in [0.29, 0.717) is 39.3 Å². The second kappa shape index (κ2) is 13.5. The maximum Gasteiger partial charge on any atom is 0.329 e. The highest BCUT2D eigenvalue weighted by Crippen LogP contribution is 2.34. The first kappa shape index (κ1) is 27.1. The monoisotopic (exact) mass is 580 g/mol. The SMILES string of the molecule is CCOc1cc(/C=N\NC(=O)C(=O)N[C@@H](C)CC)cc(I)c1OCC(=O)Nc1cccc(C)c1. The predicted molar refractivity (Wildman–Crippen MR) is 139 cm³/mol. The molecule has 9 nitrogen and oxygen atoms in total. The zero-order valence-corrected chi connectivity index (χ0v) is 21.8. The Bertz CT molecular complexity index is 1060. The summed E-state index contributed by atoms with van der Waals surface area (Å²) in [5.41, 5.74) is 4.55. The summed E-state index contributed by atoms with van der Waals surface area (Å²) in [6.07, 6.45) is 2.11. The van der Waals surface area contributed by atoms with Gasteiger partial charge in [0.25, 0.3) is 5.91 Å². The number of anilines is 1. The van der Waals surface area contributed by atoms with Crippen molar-refractivity contribution in [2.75, 3.05) is 18.5 Å². The third-order valence-electron chi connectivity index (χ3n) is 4.56. The van der Waals surface area contributed by atoms with Gasteiger partial charge in [0.1, 0.15) is 0 Å². The van der Waals surface area contributed by atoms with Gasteiger partial charge in [-0.1, -0.05) is 19.1 Å². The second-order valence-electron chi connectivity index (χ2n) is 7.45. The first-order valence-electron chi connectivity index (χ1n) is 10.8. The average Bonchev–Trinajstić information content (AvgIpc) is 2.78. The topological polar surface area (TPSA) is 118 Å². The first-order valence-corrected chi connectivity index (χ1v) is 11.9. The van der Waals surface area contributed by atoms with E-state index in [2.05, 4.69) is 43.8 Å². The summed E-state index contributed by atoms with van der Waals surface area (Å²) in [6, 6.07) is 10.8. The van der Waals surface area contributed by atoms with Crippen molar-refractivity contribution in [2.24, 2.45) is 5.10 Å². The van der Waals surface area contributed by atoms with Crippen molar-refractivity contribution in [3.8, 4) is 11.5 Å². The minimum absolute atomic E-state index is 0.107. The molecule has 0 aliphatic rings. The Hall–Kier alpha value is -3.15. The van der Waals surface area contributed by atoms with Gasteiger partial charge in [-0.05, 0) is 85.2 Å². The Morgan fingerprint density at radius 3 is 2.56 bits per heavy atom. The number of ether oxygens (including phenoxy) is 2. The number of hydrogen-bond acceptors (Lipinski definition) is 6. The number of nitrogens with one attached hydrogen (secondary N) is 3. The highest BCUT2D eigenvalue weighted by Gasteiger charge is 2.16. The lowest BCUT2D eigenvalue weighted by Crippen LogP contribution is -2.41. The lowest BCUT2D eigenvalue weighted by atomic mass is 10.2. The van der Waals surface area contributed by atoms with E-state index in [9.17, 15) is 14.4 Å². The number of hydrazone groups is 1. The third kappa shape index (κ3) is 8.65. The minimum atomic E-state index is -0.851. The average molecular weight is 580 g/mol. The molecule has 0 aliphatic heterocycles. The molecule has 1 atom stereocenters. The molecule has 0 radical (unpaired) electrons. The van der Waals surface area contributed by atoms with Gasteiger partial charge in [0, 0.05) is 11.7 Å². The Balaban J connectivity index is 2.04. The lowest BCUT2D eigenvalue weighted by molar-refractivity contribution is -0.139. The van der Waals surface area contributed by atoms with Gasteiger partial charge in [0.15, 0.2) is 18.1 Å². The quantitative estimate of drug-likeness (QED) is 0.173. The van der Waals surface area contributed by atoms with E-state index >= 15 is 0 Å². The summed E-state index contributed by atoms with van der Waals surface area (Å²) in [6.45, 7) is 7.68. The molecule has 0 saturated carbocycles. The third-order valence-corrected chi connectivity index (χ3v) is 5.36. The molecule has 0 aliphatic carbocycles. The molecule has 3 amide bonds. The Labute approximate surface area is 212 Å². The molecular formula is C24H29IN4O5. The highest BCUT2D eigenvalue weighted by atomic mass is 127. The normalized spacial score (nSPS) is 11.6. The van der Waals surface area contributed by atoms with E-state index < -0.39 is 11.8 Å². The molecule has 182 valence electrons. The van der Waals surface area contributed by atoms with Crippen LogP contribution in [0.3, 0.4) is 0 Å². The number of halogens is 1. The Morgan fingerprint density at radius 1 is 1.12 bits per heavy atom. The number of nitrogens with zero attached hydrogens (tertiary/aromatic N) is 1. The fourth-order valence-corrected chi connectivity index (χ4v) is 3.51. The van der Waals surface area contributed by atoms with Gasteiger partial charge in [-0.25, -0.2) is 5.43 Å². The number of aryl methyl sites for hydroxylation is 1. The molecular weight excluding hydrogens is 551 g/mol. The molecule has 0 unspecified atom stereocenters. The van der Waals surface area contributed by atoms with E-state index in [1.165, 1.54) is 6.21 Å². The number of amides is 3. The number of rotatable bonds is 10. The van der Waals surface area contributed by atoms with Crippen LogP contribution in [0.4, 0.5) is 5.69 Å². The number of carbonyl (C=O) groups excluding carboxylic acids is 3. The molecule has 10 heteroatoms. The van der Waals surface area contributed by atoms with Crippen LogP contribution in [-0.2, 0) is 14.4 Å². The zero-order chi connectivity index (χ0) is 25.1. The largest absolute Gasteiger partial charge is 0.490 e. The predicted octanol–water partition coefficient (Wildman–Crippen LogP) is 3.38. The van der Waals surface area contributed by atoms with Crippen molar-refractivity contribution in [3.05, 3.63) is 51.1 Å². The van der Waals surface area contributed by atoms with E-state index in [1.807, 2.05) is 45.9 Å². The van der Waals surface area contributed by atoms with Gasteiger partial charge in [0.05, 0.1) is 16.4 Å². The van der Waals surface area contributed by atoms with Crippen LogP contribution in [0.2, 0.25) is 0 Å². The summed E-state index contributed by atoms with van der Waals surface area (Å²) in [4.78, 5) is 36.0. The van der Waals surface area contributed by atoms with Crippen molar-refractivity contribution in [1.29, 1.82) is 0 Å². The van der Waals surface area contributed by atoms with E-state index in [4.69, 9.17) is 9.47 Å². The van der Waals surface area contributed by atoms with Gasteiger partial charge in [-0.2, -0.15) is 5.10 Å². The van der Waals surface area contributed by atoms with Gasteiger partial charge < -0.3 is 20.1 Å². The van der Waals surface area contributed by atoms with Crippen molar-refractivity contribution in [1.82, 2.24) is 10.7 Å². The van der Waals surface area contributed by atoms with Crippen molar-refractivity contribution in [3.63, 3.8) is 0 Å². The molecule has 0 saturated heterocycles. The van der Waals surface area contributed by atoms with Crippen molar-refractivity contribution < 1.29 is 23.9 Å². The summed E-state index contributed by atoms with van der Waals surface area (Å²) < 4.78 is 12.1. The van der Waals surface area contributed by atoms with Crippen molar-refractivity contribution >= 4 is 52.2 Å². The summed E-state index contributed by atoms with van der Waals surface area (Å²) >= 11 is 2.07. The summed E-state index contributed by atoms with van der Waals surface area (Å²) in [7, 11) is 0. The van der Waals surface area contributed by atoms with Crippen LogP contribution in [0, 0.1) is 10.5 Å². The number of hydrogen-bond donors (Lipinski definition) is 3. The maximum absolute atomic E-state index is 12.3. The van der Waals surface area contributed by atoms with Crippen LogP contribution in [0.1, 0.15) is 38.3 Å². The maximum atomic E-state index is 12.3. The molecule has 0 heterocycles. The van der Waals surface area contributed by atoms with Crippen LogP contribution in [0.25, 0.3) is 0 Å². The molecule has 0 bridgehead atoms. The van der Waals surface area contributed by atoms with E-state index in [-0.39, 0.29) is 18.6 Å². The molecule has 3 N–H and O–H groups in total. The summed E-state index contributed by atoms with van der Waals surface area (Å²) in [5.74, 6) is -1.04. The molecule has 34 heavy (non-hydrogen) atoms. The van der Waals surface area contributed by atoms with Crippen LogP contribution >= 0.6 is 22.6 Å². The van der Waals surface area contributed by atoms with Gasteiger partial charge >= 0.3 is 11.8 Å². The van der Waals surface area contributed by atoms with E-state index in [0.717, 1.165) is 5.56 Å².